The van der Waals surface area contributed by atoms with Gasteiger partial charge in [0.15, 0.2) is 5.78 Å². The summed E-state index contributed by atoms with van der Waals surface area (Å²) < 4.78 is 4.32. The molecule has 0 aromatic heterocycles. The van der Waals surface area contributed by atoms with Gasteiger partial charge in [0.2, 0.25) is 0 Å². The summed E-state index contributed by atoms with van der Waals surface area (Å²) in [5, 5.41) is 11.3. The largest absolute Gasteiger partial charge is 0.391 e. The summed E-state index contributed by atoms with van der Waals surface area (Å²) in [6, 6.07) is -2.48. The van der Waals surface area contributed by atoms with Gasteiger partial charge in [0.1, 0.15) is 16.8 Å². The summed E-state index contributed by atoms with van der Waals surface area (Å²) in [5.41, 5.74) is 5.38. The lowest BCUT2D eigenvalue weighted by atomic mass is 9.93. The van der Waals surface area contributed by atoms with Crippen LogP contribution in [0.2, 0.25) is 0 Å². The fourth-order valence-corrected chi connectivity index (χ4v) is 1.67. The van der Waals surface area contributed by atoms with E-state index in [-0.39, 0.29) is 4.86 Å². The fraction of sp³-hybridized carbons (Fsp3) is 0.545. The Hall–Kier alpha value is -1.71. The highest BCUT2D eigenvalue weighted by atomic mass is 32.1. The maximum Gasteiger partial charge on any atom is 0.337 e. The van der Waals surface area contributed by atoms with Crippen LogP contribution in [0.25, 0.3) is 0 Å². The third kappa shape index (κ3) is 3.24. The number of amides is 1. The Kier molecular flexibility index (Phi) is 5.03. The number of aliphatic hydroxyl groups excluding tert-OH is 1. The molecular formula is C11H14N2O6S. The molecule has 0 aliphatic carbocycles. The molecule has 0 radical (unpaired) electrons. The molecule has 20 heavy (non-hydrogen) atoms. The van der Waals surface area contributed by atoms with Crippen LogP contribution >= 0.6 is 12.2 Å². The van der Waals surface area contributed by atoms with Crippen LogP contribution in [-0.4, -0.2) is 51.8 Å². The van der Waals surface area contributed by atoms with E-state index in [1.54, 1.807) is 0 Å². The number of esters is 2. The van der Waals surface area contributed by atoms with Crippen LogP contribution in [0.3, 0.4) is 0 Å². The number of carbonyl (C=O) groups is 4. The minimum absolute atomic E-state index is 0.371. The third-order valence-corrected chi connectivity index (χ3v) is 3.21. The first-order chi connectivity index (χ1) is 9.16. The molecule has 0 bridgehead atoms. The summed E-state index contributed by atoms with van der Waals surface area (Å²) in [6.07, 6.45) is -1.21. The lowest BCUT2D eigenvalue weighted by Crippen LogP contribution is -2.51. The molecule has 8 nitrogen and oxygen atoms in total. The molecular weight excluding hydrogens is 288 g/mol. The lowest BCUT2D eigenvalue weighted by Gasteiger charge is -2.16. The predicted molar refractivity (Wildman–Crippen MR) is 69.5 cm³/mol. The Morgan fingerprint density at radius 3 is 2.35 bits per heavy atom. The first-order valence-electron chi connectivity index (χ1n) is 5.74. The van der Waals surface area contributed by atoms with Gasteiger partial charge >= 0.3 is 11.9 Å². The summed E-state index contributed by atoms with van der Waals surface area (Å²) in [6.45, 7) is 2.61. The second-order valence-electron chi connectivity index (χ2n) is 4.40. The Balaban J connectivity index is 2.93. The zero-order valence-electron chi connectivity index (χ0n) is 10.8. The number of cyclic esters (lactones) is 2. The first kappa shape index (κ1) is 16.3. The van der Waals surface area contributed by atoms with Gasteiger partial charge in [-0.05, 0) is 13.8 Å². The number of aliphatic hydroxyl groups is 1. The van der Waals surface area contributed by atoms with Crippen LogP contribution in [0, 0.1) is 5.92 Å². The number of ketones is 1. The van der Waals surface area contributed by atoms with E-state index in [4.69, 9.17) is 5.73 Å². The van der Waals surface area contributed by atoms with Crippen molar-refractivity contribution < 1.29 is 29.0 Å². The summed E-state index contributed by atoms with van der Waals surface area (Å²) in [5.74, 6) is -5.27. The van der Waals surface area contributed by atoms with E-state index in [0.717, 1.165) is 0 Å². The molecule has 1 amide bonds. The molecule has 1 fully saturated rings. The van der Waals surface area contributed by atoms with Crippen molar-refractivity contribution in [3.05, 3.63) is 0 Å². The minimum Gasteiger partial charge on any atom is -0.391 e. The molecule has 110 valence electrons. The SMILES string of the molecule is CC(O)C(=S)C(=O)N[C@@H]1C(=O)OC(=O)C1C(=O)[C@H](C)N. The third-order valence-electron chi connectivity index (χ3n) is 2.69. The zero-order chi connectivity index (χ0) is 15.6. The monoisotopic (exact) mass is 302 g/mol. The van der Waals surface area contributed by atoms with E-state index in [2.05, 4.69) is 22.3 Å². The van der Waals surface area contributed by atoms with Gasteiger partial charge < -0.3 is 20.9 Å². The van der Waals surface area contributed by atoms with Gasteiger partial charge in [-0.15, -0.1) is 0 Å². The Labute approximate surface area is 119 Å². The first-order valence-corrected chi connectivity index (χ1v) is 6.15. The molecule has 0 aromatic rings. The van der Waals surface area contributed by atoms with Crippen LogP contribution in [0.1, 0.15) is 13.8 Å². The summed E-state index contributed by atoms with van der Waals surface area (Å²) >= 11 is 4.65. The molecule has 4 N–H and O–H groups in total. The molecule has 0 saturated carbocycles. The highest BCUT2D eigenvalue weighted by Crippen LogP contribution is 2.19. The van der Waals surface area contributed by atoms with Gasteiger partial charge in [0, 0.05) is 0 Å². The van der Waals surface area contributed by atoms with Gasteiger partial charge in [-0.25, -0.2) is 4.79 Å². The van der Waals surface area contributed by atoms with Gasteiger partial charge in [-0.1, -0.05) is 12.2 Å². The smallest absolute Gasteiger partial charge is 0.337 e. The molecule has 0 spiro atoms. The quantitative estimate of drug-likeness (QED) is 0.297. The zero-order valence-corrected chi connectivity index (χ0v) is 11.6. The van der Waals surface area contributed by atoms with Crippen LogP contribution < -0.4 is 11.1 Å². The van der Waals surface area contributed by atoms with E-state index in [9.17, 15) is 24.3 Å². The molecule has 4 atom stereocenters. The highest BCUT2D eigenvalue weighted by molar-refractivity contribution is 7.82. The standard InChI is InChI=1S/C11H14N2O6S/c1-3(12)7(15)5-6(11(18)19-10(5)17)13-9(16)8(20)4(2)14/h3-6,14H,12H2,1-2H3,(H,13,16)/t3-,4?,5?,6-/m0/s1. The number of carbonyl (C=O) groups excluding carboxylic acids is 4. The molecule has 1 heterocycles. The normalized spacial score (nSPS) is 24.8. The Morgan fingerprint density at radius 1 is 1.35 bits per heavy atom. The number of thiocarbonyl (C=S) groups is 1. The predicted octanol–water partition coefficient (Wildman–Crippen LogP) is -2.16. The highest BCUT2D eigenvalue weighted by Gasteiger charge is 2.50. The Bertz CT molecular complexity index is 487. The van der Waals surface area contributed by atoms with Crippen LogP contribution in [0.15, 0.2) is 0 Å². The Morgan fingerprint density at radius 2 is 1.90 bits per heavy atom. The molecule has 9 heteroatoms. The summed E-state index contributed by atoms with van der Waals surface area (Å²) in [7, 11) is 0. The molecule has 1 saturated heterocycles. The number of ether oxygens (including phenoxy) is 1. The number of hydrogen-bond donors (Lipinski definition) is 3. The van der Waals surface area contributed by atoms with Crippen LogP contribution in [0.4, 0.5) is 0 Å². The minimum atomic E-state index is -1.50. The van der Waals surface area contributed by atoms with Crippen molar-refractivity contribution in [2.45, 2.75) is 32.0 Å². The topological polar surface area (TPSA) is 136 Å². The second-order valence-corrected chi connectivity index (χ2v) is 4.84. The second kappa shape index (κ2) is 6.16. The van der Waals surface area contributed by atoms with Gasteiger partial charge in [-0.3, -0.25) is 14.4 Å². The number of hydrogen-bond acceptors (Lipinski definition) is 8. The van der Waals surface area contributed by atoms with Gasteiger partial charge in [-0.2, -0.15) is 0 Å². The molecule has 2 unspecified atom stereocenters. The molecule has 0 aromatic carbocycles. The average molecular weight is 302 g/mol. The number of Topliss-reactive ketones (excluding diaryl/α,β-unsaturated/α-hetero) is 1. The van der Waals surface area contributed by atoms with Crippen molar-refractivity contribution in [1.29, 1.82) is 0 Å². The van der Waals surface area contributed by atoms with Crippen molar-refractivity contribution in [3.63, 3.8) is 0 Å². The number of nitrogens with one attached hydrogen (secondary N) is 1. The fourth-order valence-electron chi connectivity index (χ4n) is 1.61. The van der Waals surface area contributed by atoms with E-state index in [1.165, 1.54) is 13.8 Å². The molecule has 1 aliphatic heterocycles. The van der Waals surface area contributed by atoms with Crippen LogP contribution in [0.5, 0.6) is 0 Å². The van der Waals surface area contributed by atoms with E-state index in [0.29, 0.717) is 0 Å². The lowest BCUT2D eigenvalue weighted by molar-refractivity contribution is -0.154. The van der Waals surface area contributed by atoms with Crippen molar-refractivity contribution in [2.75, 3.05) is 0 Å². The maximum atomic E-state index is 11.8. The van der Waals surface area contributed by atoms with E-state index in [1.807, 2.05) is 0 Å². The van der Waals surface area contributed by atoms with Crippen molar-refractivity contribution in [3.8, 4) is 0 Å². The van der Waals surface area contributed by atoms with Crippen LogP contribution in [-0.2, 0) is 23.9 Å². The van der Waals surface area contributed by atoms with E-state index >= 15 is 0 Å². The molecule has 1 aliphatic rings. The van der Waals surface area contributed by atoms with Gasteiger partial charge in [0.25, 0.3) is 5.91 Å². The van der Waals surface area contributed by atoms with Crippen molar-refractivity contribution in [1.82, 2.24) is 5.32 Å². The summed E-state index contributed by atoms with van der Waals surface area (Å²) in [4.78, 5) is 46.0. The molecule has 1 rings (SSSR count). The number of rotatable bonds is 5. The van der Waals surface area contributed by atoms with Gasteiger partial charge in [0.05, 0.1) is 12.1 Å². The van der Waals surface area contributed by atoms with Crippen molar-refractivity contribution >= 4 is 40.7 Å². The maximum absolute atomic E-state index is 11.8. The average Bonchev–Trinajstić information content (AvgIpc) is 2.62. The van der Waals surface area contributed by atoms with E-state index < -0.39 is 47.7 Å². The van der Waals surface area contributed by atoms with Crippen molar-refractivity contribution in [2.24, 2.45) is 11.7 Å². The number of nitrogens with two attached hydrogens (primary N) is 1.